The number of carbonyl (C=O) groups is 1. The molecule has 142 valence electrons. The van der Waals surface area contributed by atoms with E-state index in [1.54, 1.807) is 38.1 Å². The van der Waals surface area contributed by atoms with Crippen molar-refractivity contribution in [1.29, 1.82) is 5.26 Å². The van der Waals surface area contributed by atoms with Gasteiger partial charge in [-0.05, 0) is 36.2 Å². The predicted octanol–water partition coefficient (Wildman–Crippen LogP) is 4.12. The van der Waals surface area contributed by atoms with Crippen LogP contribution in [-0.4, -0.2) is 12.0 Å². The normalized spacial score (nSPS) is 12.2. The molecule has 0 saturated carbocycles. The summed E-state index contributed by atoms with van der Waals surface area (Å²) in [4.78, 5) is 12.4. The van der Waals surface area contributed by atoms with Gasteiger partial charge in [0, 0.05) is 0 Å². The van der Waals surface area contributed by atoms with Gasteiger partial charge in [0.2, 0.25) is 0 Å². The maximum Gasteiger partial charge on any atom is 0.416 e. The van der Waals surface area contributed by atoms with Gasteiger partial charge in [0.1, 0.15) is 11.8 Å². The van der Waals surface area contributed by atoms with E-state index in [0.717, 1.165) is 12.1 Å². The van der Waals surface area contributed by atoms with Crippen LogP contribution in [0.3, 0.4) is 0 Å². The quantitative estimate of drug-likeness (QED) is 0.743. The van der Waals surface area contributed by atoms with E-state index >= 15 is 0 Å². The molecule has 0 aromatic heterocycles. The third kappa shape index (κ3) is 5.38. The number of alkyl halides is 3. The molecule has 5 nitrogen and oxygen atoms in total. The molecular weight excluding hydrogens is 359 g/mol. The average Bonchev–Trinajstić information content (AvgIpc) is 2.63. The zero-order valence-electron chi connectivity index (χ0n) is 14.7. The Balaban J connectivity index is 2.09. The maximum atomic E-state index is 12.8. The van der Waals surface area contributed by atoms with Gasteiger partial charge in [0.25, 0.3) is 5.91 Å². The molecule has 0 aliphatic carbocycles. The molecule has 1 atom stereocenters. The molecular formula is C19H18F3N3O2. The van der Waals surface area contributed by atoms with Crippen LogP contribution in [0.25, 0.3) is 0 Å². The van der Waals surface area contributed by atoms with Crippen LogP contribution in [0.2, 0.25) is 0 Å². The van der Waals surface area contributed by atoms with Crippen LogP contribution in [-0.2, 0) is 11.0 Å². The van der Waals surface area contributed by atoms with Gasteiger partial charge >= 0.3 is 6.18 Å². The van der Waals surface area contributed by atoms with E-state index in [4.69, 9.17) is 10.00 Å². The topological polar surface area (TPSA) is 74.1 Å². The summed E-state index contributed by atoms with van der Waals surface area (Å²) < 4.78 is 43.9. The number of nitriles is 1. The SMILES string of the molecule is CC(C)C(Oc1ccccc1C#N)C(=O)NNc1cccc(C(F)(F)F)c1. The van der Waals surface area contributed by atoms with Gasteiger partial charge in [0.15, 0.2) is 6.10 Å². The molecule has 0 radical (unpaired) electrons. The Morgan fingerprint density at radius 2 is 1.85 bits per heavy atom. The molecule has 27 heavy (non-hydrogen) atoms. The predicted molar refractivity (Wildman–Crippen MR) is 93.6 cm³/mol. The second kappa shape index (κ2) is 8.45. The number of halogens is 3. The average molecular weight is 377 g/mol. The number of benzene rings is 2. The maximum absolute atomic E-state index is 12.8. The van der Waals surface area contributed by atoms with Crippen molar-refractivity contribution < 1.29 is 22.7 Å². The van der Waals surface area contributed by atoms with Crippen LogP contribution < -0.4 is 15.6 Å². The van der Waals surface area contributed by atoms with Crippen LogP contribution >= 0.6 is 0 Å². The fourth-order valence-corrected chi connectivity index (χ4v) is 2.27. The third-order valence-corrected chi connectivity index (χ3v) is 3.65. The first-order valence-electron chi connectivity index (χ1n) is 8.11. The zero-order chi connectivity index (χ0) is 20.0. The number of nitrogens with one attached hydrogen (secondary N) is 2. The molecule has 0 fully saturated rings. The minimum Gasteiger partial charge on any atom is -0.479 e. The lowest BCUT2D eigenvalue weighted by atomic mass is 10.1. The van der Waals surface area contributed by atoms with Crippen molar-refractivity contribution in [1.82, 2.24) is 5.43 Å². The smallest absolute Gasteiger partial charge is 0.416 e. The molecule has 0 heterocycles. The van der Waals surface area contributed by atoms with E-state index in [1.807, 2.05) is 6.07 Å². The summed E-state index contributed by atoms with van der Waals surface area (Å²) in [6, 6.07) is 12.9. The number of nitrogens with zero attached hydrogens (tertiary/aromatic N) is 1. The van der Waals surface area contributed by atoms with Gasteiger partial charge in [-0.1, -0.05) is 32.0 Å². The van der Waals surface area contributed by atoms with Crippen LogP contribution in [0.1, 0.15) is 25.0 Å². The number of ether oxygens (including phenoxy) is 1. The summed E-state index contributed by atoms with van der Waals surface area (Å²) in [6.45, 7) is 3.51. The summed E-state index contributed by atoms with van der Waals surface area (Å²) in [6.07, 6.45) is -5.43. The van der Waals surface area contributed by atoms with Crippen molar-refractivity contribution in [3.05, 3.63) is 59.7 Å². The largest absolute Gasteiger partial charge is 0.479 e. The van der Waals surface area contributed by atoms with E-state index in [9.17, 15) is 18.0 Å². The van der Waals surface area contributed by atoms with Gasteiger partial charge in [-0.2, -0.15) is 18.4 Å². The molecule has 0 aliphatic rings. The van der Waals surface area contributed by atoms with E-state index in [1.165, 1.54) is 12.1 Å². The third-order valence-electron chi connectivity index (χ3n) is 3.65. The highest BCUT2D eigenvalue weighted by molar-refractivity contribution is 5.82. The van der Waals surface area contributed by atoms with Crippen LogP contribution in [0.15, 0.2) is 48.5 Å². The fraction of sp³-hybridized carbons (Fsp3) is 0.263. The number of anilines is 1. The van der Waals surface area contributed by atoms with Gasteiger partial charge < -0.3 is 4.74 Å². The van der Waals surface area contributed by atoms with Crippen LogP contribution in [0.4, 0.5) is 18.9 Å². The highest BCUT2D eigenvalue weighted by Gasteiger charge is 2.30. The van der Waals surface area contributed by atoms with Crippen molar-refractivity contribution in [3.8, 4) is 11.8 Å². The molecule has 2 N–H and O–H groups in total. The zero-order valence-corrected chi connectivity index (χ0v) is 14.7. The van der Waals surface area contributed by atoms with Gasteiger partial charge in [-0.15, -0.1) is 0 Å². The number of hydrogen-bond donors (Lipinski definition) is 2. The van der Waals surface area contributed by atoms with Crippen molar-refractivity contribution in [2.75, 3.05) is 5.43 Å². The lowest BCUT2D eigenvalue weighted by Gasteiger charge is -2.23. The van der Waals surface area contributed by atoms with Crippen molar-refractivity contribution in [2.45, 2.75) is 26.1 Å². The number of hydrogen-bond acceptors (Lipinski definition) is 4. The van der Waals surface area contributed by atoms with E-state index in [0.29, 0.717) is 0 Å². The number of amides is 1. The summed E-state index contributed by atoms with van der Waals surface area (Å²) in [5.41, 5.74) is 4.34. The summed E-state index contributed by atoms with van der Waals surface area (Å²) in [5, 5.41) is 9.12. The minimum absolute atomic E-state index is 0.0816. The molecule has 0 spiro atoms. The van der Waals surface area contributed by atoms with E-state index < -0.39 is 23.8 Å². The Labute approximate surface area is 154 Å². The van der Waals surface area contributed by atoms with Gasteiger partial charge in [0.05, 0.1) is 16.8 Å². The lowest BCUT2D eigenvalue weighted by Crippen LogP contribution is -2.44. The lowest BCUT2D eigenvalue weighted by molar-refractivity contribution is -0.137. The minimum atomic E-state index is -4.48. The molecule has 8 heteroatoms. The molecule has 0 aliphatic heterocycles. The first-order chi connectivity index (χ1) is 12.7. The van der Waals surface area contributed by atoms with E-state index in [-0.39, 0.29) is 22.9 Å². The summed E-state index contributed by atoms with van der Waals surface area (Å²) in [7, 11) is 0. The first-order valence-corrected chi connectivity index (χ1v) is 8.11. The van der Waals surface area contributed by atoms with Gasteiger partial charge in [-0.3, -0.25) is 15.6 Å². The Bertz CT molecular complexity index is 845. The van der Waals surface area contributed by atoms with E-state index in [2.05, 4.69) is 10.9 Å². The molecule has 0 bridgehead atoms. The number of para-hydroxylation sites is 1. The monoisotopic (exact) mass is 377 g/mol. The fourth-order valence-electron chi connectivity index (χ4n) is 2.27. The summed E-state index contributed by atoms with van der Waals surface area (Å²) in [5.74, 6) is -0.567. The van der Waals surface area contributed by atoms with Crippen molar-refractivity contribution >= 4 is 11.6 Å². The highest BCUT2D eigenvalue weighted by atomic mass is 19.4. The first kappa shape index (κ1) is 20.1. The molecule has 1 amide bonds. The highest BCUT2D eigenvalue weighted by Crippen LogP contribution is 2.30. The second-order valence-electron chi connectivity index (χ2n) is 6.08. The standard InChI is InChI=1S/C19H18F3N3O2/c1-12(2)17(27-16-9-4-3-6-13(16)11-23)18(26)25-24-15-8-5-7-14(10-15)19(20,21)22/h3-10,12,17,24H,1-2H3,(H,25,26). The second-order valence-corrected chi connectivity index (χ2v) is 6.08. The Kier molecular flexibility index (Phi) is 6.29. The van der Waals surface area contributed by atoms with Crippen LogP contribution in [0.5, 0.6) is 5.75 Å². The Morgan fingerprint density at radius 3 is 2.48 bits per heavy atom. The van der Waals surface area contributed by atoms with Crippen molar-refractivity contribution in [2.24, 2.45) is 5.92 Å². The number of carbonyl (C=O) groups excluding carboxylic acids is 1. The molecule has 2 rings (SSSR count). The molecule has 0 saturated heterocycles. The van der Waals surface area contributed by atoms with Gasteiger partial charge in [-0.25, -0.2) is 0 Å². The molecule has 2 aromatic rings. The van der Waals surface area contributed by atoms with Crippen molar-refractivity contribution in [3.63, 3.8) is 0 Å². The molecule has 2 aromatic carbocycles. The Hall–Kier alpha value is -3.21. The number of rotatable bonds is 6. The number of hydrazine groups is 1. The summed E-state index contributed by atoms with van der Waals surface area (Å²) >= 11 is 0. The van der Waals surface area contributed by atoms with Crippen LogP contribution in [0, 0.1) is 17.2 Å². The molecule has 1 unspecified atom stereocenters. The Morgan fingerprint density at radius 1 is 1.15 bits per heavy atom.